The van der Waals surface area contributed by atoms with E-state index in [4.69, 9.17) is 14.2 Å². The van der Waals surface area contributed by atoms with E-state index >= 15 is 0 Å². The molecule has 0 aliphatic carbocycles. The summed E-state index contributed by atoms with van der Waals surface area (Å²) in [5, 5.41) is 8.16. The van der Waals surface area contributed by atoms with E-state index in [0.717, 1.165) is 6.42 Å². The van der Waals surface area contributed by atoms with Gasteiger partial charge in [-0.2, -0.15) is 0 Å². The molecule has 0 radical (unpaired) electrons. The van der Waals surface area contributed by atoms with Crippen LogP contribution in [0.2, 0.25) is 0 Å². The Bertz CT molecular complexity index is 1020. The predicted molar refractivity (Wildman–Crippen MR) is 139 cm³/mol. The molecule has 0 bridgehead atoms. The Balaban J connectivity index is 1.68. The number of anilines is 1. The zero-order valence-electron chi connectivity index (χ0n) is 22.1. The van der Waals surface area contributed by atoms with Crippen LogP contribution in [0.1, 0.15) is 46.2 Å². The summed E-state index contributed by atoms with van der Waals surface area (Å²) in [6, 6.07) is 6.92. The molecule has 0 aliphatic rings. The van der Waals surface area contributed by atoms with Gasteiger partial charge in [0.05, 0.1) is 44.0 Å². The fraction of sp³-hybridized carbons (Fsp3) is 0.640. The second-order valence-corrected chi connectivity index (χ2v) is 11.3. The third-order valence-corrected chi connectivity index (χ3v) is 7.58. The highest BCUT2D eigenvalue weighted by atomic mass is 32.2. The Morgan fingerprint density at radius 3 is 2.44 bits per heavy atom. The number of aromatic nitrogens is 3. The Kier molecular flexibility index (Phi) is 12.3. The predicted octanol–water partition coefficient (Wildman–Crippen LogP) is 3.32. The minimum atomic E-state index is -3.36. The summed E-state index contributed by atoms with van der Waals surface area (Å²) in [5.41, 5.74) is 1.25. The van der Waals surface area contributed by atoms with Gasteiger partial charge in [0.25, 0.3) is 0 Å². The lowest BCUT2D eigenvalue weighted by Gasteiger charge is -2.20. The Hall–Kier alpha value is -2.50. The lowest BCUT2D eigenvalue weighted by molar-refractivity contribution is -0.127. The standard InChI is InChI=1S/C25H40N4O6S/c1-6-21(4)25(30)19-34-15-14-33-13-12-29-17-22(26-27-29)18-35-24-9-7-23(8-10-24)28(5)36(31,32)16-11-20(2)3/h7-10,17,20-21H,6,11-16,18-19H2,1-5H3. The topological polar surface area (TPSA) is 113 Å². The Morgan fingerprint density at radius 1 is 1.08 bits per heavy atom. The molecule has 10 nitrogen and oxygen atoms in total. The van der Waals surface area contributed by atoms with Crippen LogP contribution in [0, 0.1) is 11.8 Å². The number of rotatable bonds is 18. The van der Waals surface area contributed by atoms with E-state index in [0.29, 0.717) is 55.8 Å². The minimum Gasteiger partial charge on any atom is -0.487 e. The highest BCUT2D eigenvalue weighted by Crippen LogP contribution is 2.22. The number of ether oxygens (including phenoxy) is 3. The number of carbonyl (C=O) groups excluding carboxylic acids is 1. The van der Waals surface area contributed by atoms with Gasteiger partial charge in [-0.1, -0.05) is 32.9 Å². The molecule has 2 rings (SSSR count). The third-order valence-electron chi connectivity index (χ3n) is 5.79. The number of sulfonamides is 1. The van der Waals surface area contributed by atoms with Crippen LogP contribution in [0.5, 0.6) is 5.75 Å². The molecule has 0 saturated heterocycles. The molecular weight excluding hydrogens is 484 g/mol. The summed E-state index contributed by atoms with van der Waals surface area (Å²) in [5.74, 6) is 1.19. The fourth-order valence-electron chi connectivity index (χ4n) is 3.03. The Labute approximate surface area is 215 Å². The average molecular weight is 525 g/mol. The fourth-order valence-corrected chi connectivity index (χ4v) is 4.51. The number of Topliss-reactive ketones (excluding diaryl/α,β-unsaturated/α-hetero) is 1. The van der Waals surface area contributed by atoms with E-state index in [1.807, 2.05) is 27.7 Å². The molecule has 1 aromatic heterocycles. The summed E-state index contributed by atoms with van der Waals surface area (Å²) in [4.78, 5) is 11.7. The summed E-state index contributed by atoms with van der Waals surface area (Å²) in [7, 11) is -1.79. The first-order chi connectivity index (χ1) is 17.1. The smallest absolute Gasteiger partial charge is 0.234 e. The van der Waals surface area contributed by atoms with Gasteiger partial charge in [-0.25, -0.2) is 13.1 Å². The van der Waals surface area contributed by atoms with Gasteiger partial charge in [0.2, 0.25) is 10.0 Å². The first kappa shape index (κ1) is 29.7. The molecule has 36 heavy (non-hydrogen) atoms. The van der Waals surface area contributed by atoms with Crippen molar-refractivity contribution in [1.82, 2.24) is 15.0 Å². The van der Waals surface area contributed by atoms with Crippen LogP contribution < -0.4 is 9.04 Å². The van der Waals surface area contributed by atoms with E-state index in [1.54, 1.807) is 42.2 Å². The SMILES string of the molecule is CCC(C)C(=O)COCCOCCn1cc(COc2ccc(N(C)S(=O)(=O)CCC(C)C)cc2)nn1. The van der Waals surface area contributed by atoms with Crippen LogP contribution in [0.15, 0.2) is 30.5 Å². The summed E-state index contributed by atoms with van der Waals surface area (Å²) in [6.07, 6.45) is 3.22. The van der Waals surface area contributed by atoms with Gasteiger partial charge in [-0.15, -0.1) is 5.10 Å². The van der Waals surface area contributed by atoms with Crippen molar-refractivity contribution in [2.45, 2.75) is 53.7 Å². The normalized spacial score (nSPS) is 12.6. The van der Waals surface area contributed by atoms with Crippen LogP contribution >= 0.6 is 0 Å². The lowest BCUT2D eigenvalue weighted by Crippen LogP contribution is -2.29. The maximum absolute atomic E-state index is 12.5. The number of carbonyl (C=O) groups is 1. The van der Waals surface area contributed by atoms with Crippen molar-refractivity contribution in [3.63, 3.8) is 0 Å². The molecule has 0 fully saturated rings. The van der Waals surface area contributed by atoms with Gasteiger partial charge in [-0.05, 0) is 43.0 Å². The van der Waals surface area contributed by atoms with Crippen LogP contribution in [0.4, 0.5) is 5.69 Å². The van der Waals surface area contributed by atoms with Crippen LogP contribution in [0.3, 0.4) is 0 Å². The van der Waals surface area contributed by atoms with E-state index in [2.05, 4.69) is 10.3 Å². The van der Waals surface area contributed by atoms with Gasteiger partial charge in [0.1, 0.15) is 24.7 Å². The molecule has 2 aromatic rings. The number of hydrogen-bond donors (Lipinski definition) is 0. The van der Waals surface area contributed by atoms with Crippen molar-refractivity contribution in [1.29, 1.82) is 0 Å². The monoisotopic (exact) mass is 524 g/mol. The van der Waals surface area contributed by atoms with Crippen LogP contribution in [-0.2, 0) is 37.4 Å². The average Bonchev–Trinajstić information content (AvgIpc) is 3.32. The van der Waals surface area contributed by atoms with E-state index in [-0.39, 0.29) is 30.7 Å². The Morgan fingerprint density at radius 2 is 1.78 bits per heavy atom. The van der Waals surface area contributed by atoms with Gasteiger partial charge in [0, 0.05) is 13.0 Å². The number of ketones is 1. The molecule has 0 amide bonds. The van der Waals surface area contributed by atoms with Crippen molar-refractivity contribution in [3.8, 4) is 5.75 Å². The van der Waals surface area contributed by atoms with Crippen molar-refractivity contribution >= 4 is 21.5 Å². The molecule has 0 aliphatic heterocycles. The molecule has 0 saturated carbocycles. The maximum atomic E-state index is 12.5. The molecule has 1 aromatic carbocycles. The van der Waals surface area contributed by atoms with Crippen molar-refractivity contribution in [2.75, 3.05) is 43.5 Å². The van der Waals surface area contributed by atoms with Gasteiger partial charge >= 0.3 is 0 Å². The first-order valence-electron chi connectivity index (χ1n) is 12.4. The van der Waals surface area contributed by atoms with Crippen molar-refractivity contribution in [2.24, 2.45) is 11.8 Å². The molecule has 1 atom stereocenters. The second kappa shape index (κ2) is 14.9. The molecule has 11 heteroatoms. The molecule has 1 unspecified atom stereocenters. The molecule has 202 valence electrons. The van der Waals surface area contributed by atoms with Gasteiger partial charge in [-0.3, -0.25) is 9.10 Å². The number of nitrogens with zero attached hydrogens (tertiary/aromatic N) is 4. The van der Waals surface area contributed by atoms with Crippen LogP contribution in [-0.4, -0.2) is 68.4 Å². The van der Waals surface area contributed by atoms with Gasteiger partial charge in [0.15, 0.2) is 5.78 Å². The summed E-state index contributed by atoms with van der Waals surface area (Å²) in [6.45, 7) is 10.0. The molecule has 0 spiro atoms. The highest BCUT2D eigenvalue weighted by molar-refractivity contribution is 7.92. The van der Waals surface area contributed by atoms with Crippen molar-refractivity contribution < 1.29 is 27.4 Å². The molecule has 0 N–H and O–H groups in total. The molecular formula is C25H40N4O6S. The first-order valence-corrected chi connectivity index (χ1v) is 14.0. The number of benzene rings is 1. The highest BCUT2D eigenvalue weighted by Gasteiger charge is 2.18. The molecule has 1 heterocycles. The van der Waals surface area contributed by atoms with E-state index < -0.39 is 10.0 Å². The second-order valence-electron chi connectivity index (χ2n) is 9.16. The van der Waals surface area contributed by atoms with Gasteiger partial charge < -0.3 is 14.2 Å². The number of hydrogen-bond acceptors (Lipinski definition) is 8. The van der Waals surface area contributed by atoms with Crippen molar-refractivity contribution in [3.05, 3.63) is 36.2 Å². The quantitative estimate of drug-likeness (QED) is 0.273. The van der Waals surface area contributed by atoms with E-state index in [1.165, 1.54) is 4.31 Å². The summed E-state index contributed by atoms with van der Waals surface area (Å²) >= 11 is 0. The maximum Gasteiger partial charge on any atom is 0.234 e. The largest absolute Gasteiger partial charge is 0.487 e. The summed E-state index contributed by atoms with van der Waals surface area (Å²) < 4.78 is 44.6. The van der Waals surface area contributed by atoms with E-state index in [9.17, 15) is 13.2 Å². The third kappa shape index (κ3) is 10.2. The minimum absolute atomic E-state index is 0.0284. The zero-order valence-corrected chi connectivity index (χ0v) is 22.9. The van der Waals surface area contributed by atoms with Crippen LogP contribution in [0.25, 0.3) is 0 Å². The lowest BCUT2D eigenvalue weighted by atomic mass is 10.1. The zero-order chi connectivity index (χ0) is 26.6.